The first kappa shape index (κ1) is 26.7. The topological polar surface area (TPSA) is 55.8 Å². The number of allylic oxidation sites excluding steroid dienone is 3. The van der Waals surface area contributed by atoms with Gasteiger partial charge in [0.2, 0.25) is 0 Å². The van der Waals surface area contributed by atoms with Crippen LogP contribution in [-0.2, 0) is 14.3 Å². The summed E-state index contributed by atoms with van der Waals surface area (Å²) in [7, 11) is 1.31. The molecule has 0 spiro atoms. The molecule has 4 nitrogen and oxygen atoms in total. The maximum absolute atomic E-state index is 15.2. The van der Waals surface area contributed by atoms with E-state index in [2.05, 4.69) is 4.74 Å². The lowest BCUT2D eigenvalue weighted by molar-refractivity contribution is -0.244. The van der Waals surface area contributed by atoms with Gasteiger partial charge in [-0.1, -0.05) is 38.8 Å². The second-order valence-corrected chi connectivity index (χ2v) is 9.35. The molecule has 1 saturated carbocycles. The molecular formula is C24H36F4O4. The van der Waals surface area contributed by atoms with Gasteiger partial charge in [-0.25, -0.2) is 4.39 Å². The summed E-state index contributed by atoms with van der Waals surface area (Å²) in [6, 6.07) is 0. The molecule has 1 aliphatic carbocycles. The number of unbranched alkanes of at least 4 members (excludes halogenated alkanes) is 2. The summed E-state index contributed by atoms with van der Waals surface area (Å²) >= 11 is 0. The molecule has 2 fully saturated rings. The smallest absolute Gasteiger partial charge is 0.397 e. The Hall–Kier alpha value is -1.57. The summed E-state index contributed by atoms with van der Waals surface area (Å²) in [5.41, 5.74) is -2.24. The minimum Gasteiger partial charge on any atom is -0.492 e. The number of aliphatic hydroxyl groups excluding tert-OH is 1. The van der Waals surface area contributed by atoms with Crippen LogP contribution in [0.3, 0.4) is 0 Å². The first-order chi connectivity index (χ1) is 15.0. The fraction of sp³-hybridized carbons (Fsp3) is 0.792. The van der Waals surface area contributed by atoms with Crippen LogP contribution in [0, 0.1) is 23.2 Å². The number of hydrogen-bond donors (Lipinski definition) is 1. The van der Waals surface area contributed by atoms with Crippen LogP contribution < -0.4 is 0 Å². The molecule has 0 aromatic carbocycles. The molecule has 1 saturated heterocycles. The van der Waals surface area contributed by atoms with Gasteiger partial charge in [-0.05, 0) is 50.5 Å². The highest BCUT2D eigenvalue weighted by Crippen LogP contribution is 2.50. The van der Waals surface area contributed by atoms with E-state index >= 15 is 4.39 Å². The summed E-state index contributed by atoms with van der Waals surface area (Å²) in [5.74, 6) is -0.881. The number of alkyl halides is 4. The third-order valence-corrected chi connectivity index (χ3v) is 7.06. The second kappa shape index (κ2) is 11.0. The average Bonchev–Trinajstić information content (AvgIpc) is 3.20. The number of carbonyl (C=O) groups excluding carboxylic acids is 1. The first-order valence-electron chi connectivity index (χ1n) is 11.5. The first-order valence-corrected chi connectivity index (χ1v) is 11.5. The van der Waals surface area contributed by atoms with Gasteiger partial charge >= 0.3 is 12.1 Å². The van der Waals surface area contributed by atoms with Crippen LogP contribution in [0.15, 0.2) is 24.0 Å². The molecule has 32 heavy (non-hydrogen) atoms. The van der Waals surface area contributed by atoms with Gasteiger partial charge in [0.15, 0.2) is 6.17 Å². The van der Waals surface area contributed by atoms with Crippen LogP contribution in [0.25, 0.3) is 0 Å². The maximum atomic E-state index is 15.2. The lowest BCUT2D eigenvalue weighted by atomic mass is 9.77. The predicted octanol–water partition coefficient (Wildman–Crippen LogP) is 5.90. The average molecular weight is 465 g/mol. The molecule has 1 aliphatic heterocycles. The Balaban J connectivity index is 2.08. The number of esters is 1. The number of methoxy groups -OCH3 is 1. The zero-order valence-electron chi connectivity index (χ0n) is 19.3. The van der Waals surface area contributed by atoms with E-state index in [9.17, 15) is 23.1 Å². The molecule has 0 radical (unpaired) electrons. The van der Waals surface area contributed by atoms with Gasteiger partial charge < -0.3 is 14.6 Å². The van der Waals surface area contributed by atoms with Crippen LogP contribution in [0.2, 0.25) is 0 Å². The van der Waals surface area contributed by atoms with Crippen molar-refractivity contribution in [2.45, 2.75) is 90.3 Å². The Morgan fingerprint density at radius 3 is 2.62 bits per heavy atom. The Bertz CT molecular complexity index is 690. The van der Waals surface area contributed by atoms with Crippen molar-refractivity contribution in [3.8, 4) is 0 Å². The van der Waals surface area contributed by atoms with Gasteiger partial charge in [0.05, 0.1) is 18.6 Å². The maximum Gasteiger partial charge on any atom is 0.397 e. The molecule has 184 valence electrons. The molecule has 7 atom stereocenters. The van der Waals surface area contributed by atoms with E-state index in [1.807, 2.05) is 6.92 Å². The molecule has 0 aromatic heterocycles. The van der Waals surface area contributed by atoms with Gasteiger partial charge in [-0.3, -0.25) is 4.79 Å². The molecule has 1 heterocycles. The number of ether oxygens (including phenoxy) is 2. The third-order valence-electron chi connectivity index (χ3n) is 7.06. The van der Waals surface area contributed by atoms with Crippen LogP contribution in [0.5, 0.6) is 0 Å². The zero-order chi connectivity index (χ0) is 24.1. The number of rotatable bonds is 10. The van der Waals surface area contributed by atoms with E-state index in [-0.39, 0.29) is 42.5 Å². The van der Waals surface area contributed by atoms with E-state index in [1.54, 1.807) is 19.1 Å². The second-order valence-electron chi connectivity index (χ2n) is 9.35. The van der Waals surface area contributed by atoms with Crippen LogP contribution in [-0.4, -0.2) is 42.7 Å². The Labute approximate surface area is 188 Å². The monoisotopic (exact) mass is 464 g/mol. The van der Waals surface area contributed by atoms with Gasteiger partial charge in [0.1, 0.15) is 11.9 Å². The SMILES string of the molecule is CCCCC(C)([C@H](O)/C=C/[C@@H]1[C@H]2C(F)/C(=C/CCCC(=O)OC)O[C@@H]2C[C@H]1C)C(F)(F)F. The highest BCUT2D eigenvalue weighted by atomic mass is 19.4. The zero-order valence-corrected chi connectivity index (χ0v) is 19.3. The Kier molecular flexibility index (Phi) is 9.20. The fourth-order valence-electron chi connectivity index (χ4n) is 4.77. The summed E-state index contributed by atoms with van der Waals surface area (Å²) in [5, 5.41) is 10.5. The largest absolute Gasteiger partial charge is 0.492 e. The normalized spacial score (nSPS) is 32.0. The molecule has 1 N–H and O–H groups in total. The summed E-state index contributed by atoms with van der Waals surface area (Å²) in [6.45, 7) is 4.78. The van der Waals surface area contributed by atoms with Crippen molar-refractivity contribution in [2.24, 2.45) is 23.2 Å². The quantitative estimate of drug-likeness (QED) is 0.189. The standard InChI is InChI=1S/C24H36F4O4/c1-5-6-13-23(3,24(26,27)28)19(29)12-11-16-15(2)14-18-21(16)22(25)17(32-18)9-7-8-10-20(30)31-4/h9,11-12,15-16,18-19,21-22,29H,5-8,10,13-14H2,1-4H3/b12-11+,17-9-/t15-,16+,18-,19-,21-,22?,23?/m1/s1. The molecule has 2 rings (SSSR count). The number of hydrogen-bond acceptors (Lipinski definition) is 4. The van der Waals surface area contributed by atoms with Crippen LogP contribution >= 0.6 is 0 Å². The Morgan fingerprint density at radius 1 is 1.34 bits per heavy atom. The third kappa shape index (κ3) is 5.86. The van der Waals surface area contributed by atoms with Gasteiger partial charge in [0.25, 0.3) is 0 Å². The van der Waals surface area contributed by atoms with Gasteiger partial charge in [-0.2, -0.15) is 13.2 Å². The van der Waals surface area contributed by atoms with Crippen molar-refractivity contribution < 1.29 is 36.9 Å². The van der Waals surface area contributed by atoms with Crippen molar-refractivity contribution in [2.75, 3.05) is 7.11 Å². The fourth-order valence-corrected chi connectivity index (χ4v) is 4.77. The lowest BCUT2D eigenvalue weighted by Crippen LogP contribution is -2.44. The molecule has 2 aliphatic rings. The molecule has 0 amide bonds. The number of fused-ring (bicyclic) bond motifs is 1. The molecule has 0 aromatic rings. The van der Waals surface area contributed by atoms with E-state index < -0.39 is 29.8 Å². The van der Waals surface area contributed by atoms with Crippen LogP contribution in [0.4, 0.5) is 17.6 Å². The van der Waals surface area contributed by atoms with E-state index in [1.165, 1.54) is 13.2 Å². The van der Waals surface area contributed by atoms with Crippen molar-refractivity contribution in [3.63, 3.8) is 0 Å². The van der Waals surface area contributed by atoms with Crippen molar-refractivity contribution in [1.82, 2.24) is 0 Å². The van der Waals surface area contributed by atoms with E-state index in [4.69, 9.17) is 4.74 Å². The lowest BCUT2D eigenvalue weighted by Gasteiger charge is -2.35. The van der Waals surface area contributed by atoms with Crippen molar-refractivity contribution >= 4 is 5.97 Å². The number of aliphatic hydroxyl groups is 1. The van der Waals surface area contributed by atoms with Crippen LogP contribution in [0.1, 0.15) is 65.7 Å². The van der Waals surface area contributed by atoms with E-state index in [0.29, 0.717) is 32.1 Å². The van der Waals surface area contributed by atoms with Gasteiger partial charge in [-0.15, -0.1) is 0 Å². The highest BCUT2D eigenvalue weighted by Gasteiger charge is 2.55. The summed E-state index contributed by atoms with van der Waals surface area (Å²) in [4.78, 5) is 11.2. The minimum absolute atomic E-state index is 0.0281. The number of halogens is 4. The Morgan fingerprint density at radius 2 is 2.03 bits per heavy atom. The predicted molar refractivity (Wildman–Crippen MR) is 113 cm³/mol. The summed E-state index contributed by atoms with van der Waals surface area (Å²) < 4.78 is 66.6. The highest BCUT2D eigenvalue weighted by molar-refractivity contribution is 5.69. The molecule has 0 bridgehead atoms. The molecule has 2 unspecified atom stereocenters. The van der Waals surface area contributed by atoms with Crippen molar-refractivity contribution in [1.29, 1.82) is 0 Å². The molecule has 8 heteroatoms. The molecular weight excluding hydrogens is 428 g/mol. The summed E-state index contributed by atoms with van der Waals surface area (Å²) in [6.07, 6.45) is -0.916. The van der Waals surface area contributed by atoms with Gasteiger partial charge in [0, 0.05) is 12.3 Å². The minimum atomic E-state index is -4.55. The van der Waals surface area contributed by atoms with E-state index in [0.717, 1.165) is 6.92 Å². The van der Waals surface area contributed by atoms with Crippen molar-refractivity contribution in [3.05, 3.63) is 24.0 Å². The number of carbonyl (C=O) groups is 1.